The van der Waals surface area contributed by atoms with Crippen LogP contribution in [-0.4, -0.2) is 20.2 Å². The first kappa shape index (κ1) is 11.3. The zero-order chi connectivity index (χ0) is 11.7. The van der Waals surface area contributed by atoms with Crippen LogP contribution in [-0.2, 0) is 11.2 Å². The summed E-state index contributed by atoms with van der Waals surface area (Å²) in [7, 11) is 3.12. The van der Waals surface area contributed by atoms with Gasteiger partial charge >= 0.3 is 5.97 Å². The molecule has 1 aliphatic rings. The minimum Gasteiger partial charge on any atom is -0.493 e. The number of halogens is 1. The number of hydrogen-bond donors (Lipinski definition) is 0. The molecule has 0 spiro atoms. The van der Waals surface area contributed by atoms with E-state index in [1.165, 1.54) is 0 Å². The van der Waals surface area contributed by atoms with Crippen LogP contribution in [0.3, 0.4) is 0 Å². The molecule has 0 N–H and O–H groups in total. The maximum absolute atomic E-state index is 11.2. The lowest BCUT2D eigenvalue weighted by Gasteiger charge is -2.20. The summed E-state index contributed by atoms with van der Waals surface area (Å²) in [6, 6.07) is 1.84. The highest BCUT2D eigenvalue weighted by Crippen LogP contribution is 2.45. The average molecular weight is 287 g/mol. The number of aryl methyl sites for hydroxylation is 1. The van der Waals surface area contributed by atoms with E-state index in [1.807, 2.05) is 6.07 Å². The fourth-order valence-electron chi connectivity index (χ4n) is 1.68. The third-order valence-electron chi connectivity index (χ3n) is 2.46. The number of esters is 1. The van der Waals surface area contributed by atoms with Gasteiger partial charge in [-0.05, 0) is 28.4 Å². The molecule has 0 bridgehead atoms. The third-order valence-corrected chi connectivity index (χ3v) is 3.18. The zero-order valence-electron chi connectivity index (χ0n) is 9.00. The van der Waals surface area contributed by atoms with Gasteiger partial charge in [0.15, 0.2) is 17.2 Å². The van der Waals surface area contributed by atoms with Crippen molar-refractivity contribution in [3.63, 3.8) is 0 Å². The van der Waals surface area contributed by atoms with Crippen molar-refractivity contribution < 1.29 is 19.0 Å². The highest BCUT2D eigenvalue weighted by molar-refractivity contribution is 9.10. The first-order chi connectivity index (χ1) is 7.67. The van der Waals surface area contributed by atoms with Crippen LogP contribution in [0.4, 0.5) is 0 Å². The lowest BCUT2D eigenvalue weighted by atomic mass is 10.1. The molecule has 0 saturated heterocycles. The fourth-order valence-corrected chi connectivity index (χ4v) is 2.37. The molecule has 1 heterocycles. The first-order valence-corrected chi connectivity index (χ1v) is 5.60. The molecule has 0 aromatic heterocycles. The van der Waals surface area contributed by atoms with Crippen molar-refractivity contribution in [3.8, 4) is 17.2 Å². The van der Waals surface area contributed by atoms with E-state index < -0.39 is 0 Å². The van der Waals surface area contributed by atoms with Gasteiger partial charge < -0.3 is 14.2 Å². The minimum absolute atomic E-state index is 0.222. The van der Waals surface area contributed by atoms with Crippen LogP contribution in [0.2, 0.25) is 0 Å². The number of carbonyl (C=O) groups excluding carboxylic acids is 1. The van der Waals surface area contributed by atoms with Crippen LogP contribution in [0.15, 0.2) is 10.5 Å². The van der Waals surface area contributed by atoms with Gasteiger partial charge in [0.2, 0.25) is 0 Å². The third kappa shape index (κ3) is 1.75. The van der Waals surface area contributed by atoms with Crippen molar-refractivity contribution in [2.24, 2.45) is 0 Å². The van der Waals surface area contributed by atoms with Crippen molar-refractivity contribution in [2.75, 3.05) is 14.2 Å². The molecule has 0 unspecified atom stereocenters. The second-order valence-corrected chi connectivity index (χ2v) is 4.18. The molecular weight excluding hydrogens is 276 g/mol. The maximum Gasteiger partial charge on any atom is 0.311 e. The van der Waals surface area contributed by atoms with E-state index >= 15 is 0 Å². The first-order valence-electron chi connectivity index (χ1n) is 4.81. The van der Waals surface area contributed by atoms with Gasteiger partial charge in [0.05, 0.1) is 20.6 Å². The Morgan fingerprint density at radius 2 is 2.06 bits per heavy atom. The average Bonchev–Trinajstić information content (AvgIpc) is 2.29. The second kappa shape index (κ2) is 4.33. The summed E-state index contributed by atoms with van der Waals surface area (Å²) >= 11 is 3.36. The van der Waals surface area contributed by atoms with E-state index in [1.54, 1.807) is 14.2 Å². The van der Waals surface area contributed by atoms with E-state index in [0.29, 0.717) is 34.6 Å². The number of rotatable bonds is 2. The molecule has 1 aromatic rings. The van der Waals surface area contributed by atoms with Crippen LogP contribution in [0, 0.1) is 0 Å². The summed E-state index contributed by atoms with van der Waals surface area (Å²) in [5.74, 6) is 1.48. The molecule has 0 radical (unpaired) electrons. The van der Waals surface area contributed by atoms with Gasteiger partial charge in [-0.25, -0.2) is 0 Å². The molecule has 0 aliphatic carbocycles. The molecule has 0 fully saturated rings. The minimum atomic E-state index is -0.222. The van der Waals surface area contributed by atoms with Crippen LogP contribution in [0.25, 0.3) is 0 Å². The maximum atomic E-state index is 11.2. The number of ether oxygens (including phenoxy) is 3. The Bertz CT molecular complexity index is 442. The van der Waals surface area contributed by atoms with Gasteiger partial charge in [0, 0.05) is 5.56 Å². The molecular formula is C11H11BrO4. The summed E-state index contributed by atoms with van der Waals surface area (Å²) < 4.78 is 16.2. The van der Waals surface area contributed by atoms with Crippen LogP contribution in [0.5, 0.6) is 17.2 Å². The Balaban J connectivity index is 2.58. The lowest BCUT2D eigenvalue weighted by Crippen LogP contribution is -2.16. The van der Waals surface area contributed by atoms with E-state index in [2.05, 4.69) is 15.9 Å². The van der Waals surface area contributed by atoms with Gasteiger partial charge in [-0.15, -0.1) is 0 Å². The molecule has 0 atom stereocenters. The zero-order valence-corrected chi connectivity index (χ0v) is 10.6. The Kier molecular flexibility index (Phi) is 3.05. The van der Waals surface area contributed by atoms with E-state index in [4.69, 9.17) is 14.2 Å². The van der Waals surface area contributed by atoms with Crippen molar-refractivity contribution >= 4 is 21.9 Å². The monoisotopic (exact) mass is 286 g/mol. The lowest BCUT2D eigenvalue weighted by molar-refractivity contribution is -0.135. The van der Waals surface area contributed by atoms with Crippen LogP contribution < -0.4 is 14.2 Å². The number of benzene rings is 1. The molecule has 0 saturated carbocycles. The number of carbonyl (C=O) groups is 1. The van der Waals surface area contributed by atoms with Crippen molar-refractivity contribution in [1.29, 1.82) is 0 Å². The molecule has 5 heteroatoms. The molecule has 1 aromatic carbocycles. The highest BCUT2D eigenvalue weighted by Gasteiger charge is 2.25. The quantitative estimate of drug-likeness (QED) is 0.618. The number of methoxy groups -OCH3 is 2. The molecule has 16 heavy (non-hydrogen) atoms. The molecule has 0 amide bonds. The smallest absolute Gasteiger partial charge is 0.311 e. The fraction of sp³-hybridized carbons (Fsp3) is 0.364. The van der Waals surface area contributed by atoms with Crippen molar-refractivity contribution in [1.82, 2.24) is 0 Å². The van der Waals surface area contributed by atoms with Gasteiger partial charge in [-0.1, -0.05) is 0 Å². The second-order valence-electron chi connectivity index (χ2n) is 3.39. The normalized spacial score (nSPS) is 14.1. The van der Waals surface area contributed by atoms with Gasteiger partial charge in [0.1, 0.15) is 4.47 Å². The molecule has 1 aliphatic heterocycles. The Hall–Kier alpha value is -1.23. The SMILES string of the molecule is COc1cc2c(c(Br)c1OC)OC(=O)CC2. The molecule has 86 valence electrons. The molecule has 2 rings (SSSR count). The van der Waals surface area contributed by atoms with E-state index in [-0.39, 0.29) is 5.97 Å². The van der Waals surface area contributed by atoms with E-state index in [0.717, 1.165) is 5.56 Å². The van der Waals surface area contributed by atoms with Crippen molar-refractivity contribution in [2.45, 2.75) is 12.8 Å². The Labute approximate surface area is 102 Å². The summed E-state index contributed by atoms with van der Waals surface area (Å²) in [4.78, 5) is 11.2. The Morgan fingerprint density at radius 1 is 1.31 bits per heavy atom. The number of fused-ring (bicyclic) bond motifs is 1. The van der Waals surface area contributed by atoms with Gasteiger partial charge in [0.25, 0.3) is 0 Å². The van der Waals surface area contributed by atoms with Gasteiger partial charge in [-0.2, -0.15) is 0 Å². The summed E-state index contributed by atoms with van der Waals surface area (Å²) in [5.41, 5.74) is 0.948. The molecule has 4 nitrogen and oxygen atoms in total. The number of hydrogen-bond acceptors (Lipinski definition) is 4. The van der Waals surface area contributed by atoms with Crippen LogP contribution >= 0.6 is 15.9 Å². The Morgan fingerprint density at radius 3 is 2.69 bits per heavy atom. The predicted molar refractivity (Wildman–Crippen MR) is 61.2 cm³/mol. The van der Waals surface area contributed by atoms with Crippen molar-refractivity contribution in [3.05, 3.63) is 16.1 Å². The van der Waals surface area contributed by atoms with Crippen LogP contribution in [0.1, 0.15) is 12.0 Å². The standard InChI is InChI=1S/C11H11BrO4/c1-14-7-5-6-3-4-8(13)16-10(6)9(12)11(7)15-2/h5H,3-4H2,1-2H3. The highest BCUT2D eigenvalue weighted by atomic mass is 79.9. The topological polar surface area (TPSA) is 44.8 Å². The predicted octanol–water partition coefficient (Wildman–Crippen LogP) is 2.32. The summed E-state index contributed by atoms with van der Waals surface area (Å²) in [6.45, 7) is 0. The van der Waals surface area contributed by atoms with Gasteiger partial charge in [-0.3, -0.25) is 4.79 Å². The largest absolute Gasteiger partial charge is 0.493 e. The summed E-state index contributed by atoms with van der Waals surface area (Å²) in [6.07, 6.45) is 1.06. The summed E-state index contributed by atoms with van der Waals surface area (Å²) in [5, 5.41) is 0. The van der Waals surface area contributed by atoms with E-state index in [9.17, 15) is 4.79 Å².